The first kappa shape index (κ1) is 23.9. The summed E-state index contributed by atoms with van der Waals surface area (Å²) in [4.78, 5) is 8.61. The number of hydrogen-bond acceptors (Lipinski definition) is 3. The molecule has 3 heterocycles. The summed E-state index contributed by atoms with van der Waals surface area (Å²) >= 11 is 0. The summed E-state index contributed by atoms with van der Waals surface area (Å²) in [5, 5.41) is 0.542. The summed E-state index contributed by atoms with van der Waals surface area (Å²) in [5.74, 6) is 0. The summed E-state index contributed by atoms with van der Waals surface area (Å²) < 4.78 is 176. The van der Waals surface area contributed by atoms with Crippen LogP contribution in [0.1, 0.15) is 94.1 Å². The summed E-state index contributed by atoms with van der Waals surface area (Å²) in [6, 6.07) is 38.0. The second kappa shape index (κ2) is 17.6. The van der Waals surface area contributed by atoms with E-state index in [-0.39, 0.29) is 109 Å². The van der Waals surface area contributed by atoms with Gasteiger partial charge in [0.25, 0.3) is 0 Å². The molecular formula is C57H52IrN2O-2. The normalized spacial score (nSPS) is 17.9. The van der Waals surface area contributed by atoms with Crippen molar-refractivity contribution in [2.75, 3.05) is 0 Å². The number of aromatic nitrogens is 2. The predicted molar refractivity (Wildman–Crippen MR) is 252 cm³/mol. The van der Waals surface area contributed by atoms with Crippen LogP contribution in [-0.2, 0) is 25.5 Å². The maximum absolute atomic E-state index is 8.54. The number of benzene rings is 6. The Labute approximate surface area is 404 Å². The summed E-state index contributed by atoms with van der Waals surface area (Å²) in [5.41, 5.74) is 2.83. The summed E-state index contributed by atoms with van der Waals surface area (Å²) in [7, 11) is 0. The molecule has 0 bridgehead atoms. The van der Waals surface area contributed by atoms with Gasteiger partial charge in [0.15, 0.2) is 0 Å². The van der Waals surface area contributed by atoms with Crippen molar-refractivity contribution in [3.8, 4) is 55.9 Å². The molecule has 0 aliphatic heterocycles. The molecule has 0 saturated heterocycles. The van der Waals surface area contributed by atoms with E-state index in [1.54, 1.807) is 30.3 Å². The number of furan rings is 1. The van der Waals surface area contributed by atoms with Crippen molar-refractivity contribution in [3.05, 3.63) is 190 Å². The minimum atomic E-state index is -2.84. The molecule has 0 unspecified atom stereocenters. The van der Waals surface area contributed by atoms with Gasteiger partial charge in [-0.25, -0.2) is 0 Å². The van der Waals surface area contributed by atoms with Crippen molar-refractivity contribution in [2.45, 2.75) is 74.1 Å². The maximum Gasteiger partial charge on any atom is 0.123 e. The van der Waals surface area contributed by atoms with Crippen LogP contribution in [0.5, 0.6) is 0 Å². The van der Waals surface area contributed by atoms with Crippen LogP contribution in [0.4, 0.5) is 0 Å². The summed E-state index contributed by atoms with van der Waals surface area (Å²) in [6.07, 6.45) is 2.38. The molecule has 9 aromatic rings. The molecule has 0 N–H and O–H groups in total. The van der Waals surface area contributed by atoms with Gasteiger partial charge >= 0.3 is 0 Å². The molecule has 4 heteroatoms. The third-order valence-corrected chi connectivity index (χ3v) is 10.3. The zero-order chi connectivity index (χ0) is 59.8. The standard InChI is InChI=1S/C38H36NO.C19H16N.Ir/c1-22-16-25(4)36-34(17-22)29-10-9-11-30(37(29)40-36)35-20-33(26(5)21-39-35)32-19-23(2)31(18-24(32)3)27-12-14-28(15-13-27)38(6,7)8;1-14-8-11-19(20-13-14)17-10-9-15(2)18(12-17)16-6-4-3-5-7-16;/h9-10,12-21H,1-8H3;3-9,11-13H,1-2H3;/q2*-1;/i1D3,2D3,3D3,4D3,5D3;1D3,2D3;. The Balaban J connectivity index is 0.000000299. The second-order valence-electron chi connectivity index (χ2n) is 15.5. The van der Waals surface area contributed by atoms with Crippen molar-refractivity contribution < 1.29 is 53.3 Å². The monoisotopic (exact) mass is 995 g/mol. The van der Waals surface area contributed by atoms with Gasteiger partial charge in [-0.15, -0.1) is 47.5 Å². The van der Waals surface area contributed by atoms with Crippen LogP contribution >= 0.6 is 0 Å². The fourth-order valence-corrected chi connectivity index (χ4v) is 7.11. The van der Waals surface area contributed by atoms with E-state index in [4.69, 9.17) is 33.2 Å². The molecule has 0 spiro atoms. The number of aryl methyl sites for hydroxylation is 7. The molecule has 0 aliphatic carbocycles. The van der Waals surface area contributed by atoms with E-state index in [0.717, 1.165) is 23.4 Å². The van der Waals surface area contributed by atoms with Crippen molar-refractivity contribution in [1.29, 1.82) is 0 Å². The van der Waals surface area contributed by atoms with Crippen LogP contribution in [0, 0.1) is 60.1 Å². The van der Waals surface area contributed by atoms with Crippen LogP contribution in [0.25, 0.3) is 77.8 Å². The number of hydrogen-bond donors (Lipinski definition) is 0. The van der Waals surface area contributed by atoms with E-state index in [1.165, 1.54) is 48.7 Å². The van der Waals surface area contributed by atoms with Gasteiger partial charge in [-0.3, -0.25) is 0 Å². The van der Waals surface area contributed by atoms with Gasteiger partial charge in [0.05, 0.1) is 5.58 Å². The van der Waals surface area contributed by atoms with Crippen molar-refractivity contribution >= 4 is 21.9 Å². The molecule has 6 aromatic carbocycles. The average Bonchev–Trinajstić information content (AvgIpc) is 3.83. The Hall–Kier alpha value is -5.93. The molecule has 1 radical (unpaired) electrons. The van der Waals surface area contributed by atoms with Gasteiger partial charge in [0.2, 0.25) is 0 Å². The van der Waals surface area contributed by atoms with Crippen LogP contribution in [0.2, 0.25) is 0 Å². The average molecular weight is 994 g/mol. The first-order valence-corrected chi connectivity index (χ1v) is 19.0. The minimum Gasteiger partial charge on any atom is -0.500 e. The van der Waals surface area contributed by atoms with E-state index in [0.29, 0.717) is 27.8 Å². The van der Waals surface area contributed by atoms with Crippen LogP contribution in [-0.4, -0.2) is 9.97 Å². The van der Waals surface area contributed by atoms with Gasteiger partial charge in [-0.1, -0.05) is 141 Å². The second-order valence-corrected chi connectivity index (χ2v) is 15.5. The number of rotatable bonds is 5. The summed E-state index contributed by atoms with van der Waals surface area (Å²) in [6.45, 7) is -12.2. The maximum atomic E-state index is 8.54. The Morgan fingerprint density at radius 3 is 1.92 bits per heavy atom. The Morgan fingerprint density at radius 2 is 1.21 bits per heavy atom. The van der Waals surface area contributed by atoms with Crippen molar-refractivity contribution in [3.63, 3.8) is 0 Å². The van der Waals surface area contributed by atoms with E-state index < -0.39 is 48.0 Å². The quantitative estimate of drug-likeness (QED) is 0.161. The van der Waals surface area contributed by atoms with E-state index >= 15 is 0 Å². The predicted octanol–water partition coefficient (Wildman–Crippen LogP) is 15.5. The van der Waals surface area contributed by atoms with Crippen LogP contribution < -0.4 is 0 Å². The molecule has 0 saturated carbocycles. The number of fused-ring (bicyclic) bond motifs is 3. The number of nitrogens with zero attached hydrogens (tertiary/aromatic N) is 2. The van der Waals surface area contributed by atoms with Gasteiger partial charge in [-0.05, 0) is 125 Å². The molecular weight excluding hydrogens is 921 g/mol. The molecule has 0 amide bonds. The van der Waals surface area contributed by atoms with Gasteiger partial charge in [0, 0.05) is 66.7 Å². The SMILES string of the molecule is [2H]C([2H])([2H])c1cc(C([2H])([2H])[2H])c2oc3c(-c4cc(-c5cc(C([2H])([2H])[2H])c(-c6ccc(C(C)(C)C)cc6)cc5C([2H])([2H])[2H])c(C([2H])([2H])[2H])cn4)[c-]ccc3c2c1.[2H]C([2H])([2H])c1ccc(-c2[c-]cc(C([2H])([2H])[2H])c(-c3ccccc3)c2)nc1.[Ir]. The first-order valence-electron chi connectivity index (χ1n) is 29.5. The van der Waals surface area contributed by atoms with Crippen LogP contribution in [0.3, 0.4) is 0 Å². The minimum absolute atomic E-state index is 0. The third kappa shape index (κ3) is 8.94. The molecule has 3 aromatic heterocycles. The zero-order valence-corrected chi connectivity index (χ0v) is 35.7. The third-order valence-electron chi connectivity index (χ3n) is 10.3. The first-order chi connectivity index (χ1) is 37.2. The van der Waals surface area contributed by atoms with Crippen LogP contribution in [0.15, 0.2) is 138 Å². The Morgan fingerprint density at radius 1 is 0.525 bits per heavy atom. The van der Waals surface area contributed by atoms with E-state index in [1.807, 2.05) is 63.2 Å². The molecule has 0 fully saturated rings. The van der Waals surface area contributed by atoms with E-state index in [2.05, 4.69) is 22.1 Å². The molecule has 0 aliphatic rings. The van der Waals surface area contributed by atoms with Gasteiger partial charge in [0.1, 0.15) is 5.58 Å². The zero-order valence-electron chi connectivity index (χ0n) is 54.3. The largest absolute Gasteiger partial charge is 0.500 e. The fraction of sp³-hybridized carbons (Fsp3) is 0.193. The fourth-order valence-electron chi connectivity index (χ4n) is 7.11. The molecule has 3 nitrogen and oxygen atoms in total. The van der Waals surface area contributed by atoms with Gasteiger partial charge in [-0.2, -0.15) is 0 Å². The number of pyridine rings is 2. The Bertz CT molecular complexity index is 3790. The molecule has 0 atom stereocenters. The Kier molecular flexibility index (Phi) is 6.89. The molecule has 61 heavy (non-hydrogen) atoms. The van der Waals surface area contributed by atoms with Crippen molar-refractivity contribution in [1.82, 2.24) is 9.97 Å². The van der Waals surface area contributed by atoms with Gasteiger partial charge < -0.3 is 14.4 Å². The van der Waals surface area contributed by atoms with E-state index in [9.17, 15) is 0 Å². The molecule has 9 rings (SSSR count). The molecule has 307 valence electrons. The topological polar surface area (TPSA) is 38.9 Å². The van der Waals surface area contributed by atoms with Crippen molar-refractivity contribution in [2.24, 2.45) is 0 Å². The smallest absolute Gasteiger partial charge is 0.123 e.